The molecule has 168 valence electrons. The summed E-state index contributed by atoms with van der Waals surface area (Å²) in [6.07, 6.45) is 0. The number of aromatic nitrogens is 1. The van der Waals surface area contributed by atoms with E-state index in [9.17, 15) is 9.18 Å². The van der Waals surface area contributed by atoms with Gasteiger partial charge >= 0.3 is 0 Å². The number of nitrogens with zero attached hydrogens (tertiary/aromatic N) is 3. The first kappa shape index (κ1) is 22.4. The van der Waals surface area contributed by atoms with Crippen LogP contribution in [0.25, 0.3) is 10.6 Å². The largest absolute Gasteiger partial charge is 0.489 e. The fourth-order valence-corrected chi connectivity index (χ4v) is 4.35. The number of methoxy groups -OCH3 is 1. The minimum absolute atomic E-state index is 0.0195. The topological polar surface area (TPSA) is 54.9 Å². The van der Waals surface area contributed by atoms with Crippen molar-refractivity contribution in [1.82, 2.24) is 14.8 Å². The van der Waals surface area contributed by atoms with Crippen LogP contribution >= 0.6 is 11.3 Å². The summed E-state index contributed by atoms with van der Waals surface area (Å²) in [4.78, 5) is 21.6. The number of hydrogen-bond donors (Lipinski definition) is 0. The predicted octanol–water partition coefficient (Wildman–Crippen LogP) is 3.93. The Bertz CT molecular complexity index is 1030. The van der Waals surface area contributed by atoms with Crippen LogP contribution in [0.2, 0.25) is 0 Å². The standard InChI is InChI=1S/C24H26FN3O3S/c1-30-14-13-27-9-11-28(12-10-27)24(29)22-17-32-23(26-22)19-5-7-21(8-6-19)31-16-18-3-2-4-20(25)15-18/h2-8,15,17H,9-14,16H2,1H3. The number of piperazine rings is 1. The maximum atomic E-state index is 13.3. The van der Waals surface area contributed by atoms with Gasteiger partial charge in [-0.25, -0.2) is 9.37 Å². The van der Waals surface area contributed by atoms with Crippen molar-refractivity contribution in [2.24, 2.45) is 0 Å². The van der Waals surface area contributed by atoms with Crippen molar-refractivity contribution >= 4 is 17.2 Å². The molecular weight excluding hydrogens is 429 g/mol. The first-order valence-corrected chi connectivity index (χ1v) is 11.4. The van der Waals surface area contributed by atoms with E-state index in [-0.39, 0.29) is 11.7 Å². The summed E-state index contributed by atoms with van der Waals surface area (Å²) in [5.41, 5.74) is 2.19. The molecule has 3 aromatic rings. The van der Waals surface area contributed by atoms with E-state index >= 15 is 0 Å². The van der Waals surface area contributed by atoms with Crippen LogP contribution in [0.5, 0.6) is 5.75 Å². The fourth-order valence-electron chi connectivity index (χ4n) is 3.55. The zero-order valence-corrected chi connectivity index (χ0v) is 18.8. The molecule has 1 amide bonds. The molecule has 1 aliphatic rings. The molecule has 0 aliphatic carbocycles. The molecule has 0 radical (unpaired) electrons. The molecule has 0 saturated carbocycles. The summed E-state index contributed by atoms with van der Waals surface area (Å²) >= 11 is 1.46. The number of amides is 1. The number of ether oxygens (including phenoxy) is 2. The van der Waals surface area contributed by atoms with E-state index in [2.05, 4.69) is 9.88 Å². The predicted molar refractivity (Wildman–Crippen MR) is 123 cm³/mol. The number of carbonyl (C=O) groups excluding carboxylic acids is 1. The lowest BCUT2D eigenvalue weighted by atomic mass is 10.2. The average Bonchev–Trinajstić information content (AvgIpc) is 3.32. The van der Waals surface area contributed by atoms with Gasteiger partial charge in [0.2, 0.25) is 0 Å². The molecule has 4 rings (SSSR count). The molecule has 0 spiro atoms. The Labute approximate surface area is 191 Å². The second-order valence-electron chi connectivity index (χ2n) is 7.61. The quantitative estimate of drug-likeness (QED) is 0.515. The number of carbonyl (C=O) groups is 1. The monoisotopic (exact) mass is 455 g/mol. The van der Waals surface area contributed by atoms with Crippen LogP contribution in [0.4, 0.5) is 4.39 Å². The molecule has 32 heavy (non-hydrogen) atoms. The van der Waals surface area contributed by atoms with Crippen molar-refractivity contribution in [3.05, 3.63) is 71.0 Å². The van der Waals surface area contributed by atoms with Crippen LogP contribution in [0.3, 0.4) is 0 Å². The van der Waals surface area contributed by atoms with E-state index in [4.69, 9.17) is 9.47 Å². The maximum absolute atomic E-state index is 13.3. The van der Waals surface area contributed by atoms with Gasteiger partial charge in [0.15, 0.2) is 0 Å². The zero-order valence-electron chi connectivity index (χ0n) is 18.0. The van der Waals surface area contributed by atoms with Crippen molar-refractivity contribution in [2.45, 2.75) is 6.61 Å². The second-order valence-corrected chi connectivity index (χ2v) is 8.47. The Kier molecular flexibility index (Phi) is 7.47. The normalized spacial score (nSPS) is 14.5. The van der Waals surface area contributed by atoms with E-state index in [1.165, 1.54) is 23.5 Å². The zero-order chi connectivity index (χ0) is 22.3. The van der Waals surface area contributed by atoms with Crippen molar-refractivity contribution in [3.63, 3.8) is 0 Å². The van der Waals surface area contributed by atoms with Crippen molar-refractivity contribution in [1.29, 1.82) is 0 Å². The SMILES string of the molecule is COCCN1CCN(C(=O)c2csc(-c3ccc(OCc4cccc(F)c4)cc3)n2)CC1. The highest BCUT2D eigenvalue weighted by molar-refractivity contribution is 7.13. The number of hydrogen-bond acceptors (Lipinski definition) is 6. The number of halogens is 1. The molecule has 0 bridgehead atoms. The van der Waals surface area contributed by atoms with Crippen LogP contribution in [-0.2, 0) is 11.3 Å². The van der Waals surface area contributed by atoms with Gasteiger partial charge in [-0.1, -0.05) is 12.1 Å². The summed E-state index contributed by atoms with van der Waals surface area (Å²) < 4.78 is 24.1. The molecular formula is C24H26FN3O3S. The minimum atomic E-state index is -0.274. The van der Waals surface area contributed by atoms with Gasteiger partial charge in [-0.15, -0.1) is 11.3 Å². The molecule has 1 saturated heterocycles. The lowest BCUT2D eigenvalue weighted by Crippen LogP contribution is -2.49. The van der Waals surface area contributed by atoms with Crippen LogP contribution in [0, 0.1) is 5.82 Å². The highest BCUT2D eigenvalue weighted by Gasteiger charge is 2.23. The van der Waals surface area contributed by atoms with E-state index in [1.54, 1.807) is 13.2 Å². The Hall–Kier alpha value is -2.81. The lowest BCUT2D eigenvalue weighted by molar-refractivity contribution is 0.0589. The molecule has 1 fully saturated rings. The molecule has 8 heteroatoms. The lowest BCUT2D eigenvalue weighted by Gasteiger charge is -2.34. The van der Waals surface area contributed by atoms with Gasteiger partial charge in [-0.3, -0.25) is 9.69 Å². The van der Waals surface area contributed by atoms with Crippen molar-refractivity contribution in [2.75, 3.05) is 46.4 Å². The molecule has 2 heterocycles. The molecule has 0 atom stereocenters. The summed E-state index contributed by atoms with van der Waals surface area (Å²) in [7, 11) is 1.70. The minimum Gasteiger partial charge on any atom is -0.489 e. The van der Waals surface area contributed by atoms with Crippen molar-refractivity contribution in [3.8, 4) is 16.3 Å². The Morgan fingerprint density at radius 2 is 1.91 bits per heavy atom. The van der Waals surface area contributed by atoms with E-state index in [0.717, 1.165) is 35.8 Å². The summed E-state index contributed by atoms with van der Waals surface area (Å²) in [6, 6.07) is 13.9. The summed E-state index contributed by atoms with van der Waals surface area (Å²) in [5, 5.41) is 2.62. The van der Waals surface area contributed by atoms with Gasteiger partial charge in [0.25, 0.3) is 5.91 Å². The Balaban J connectivity index is 1.32. The highest BCUT2D eigenvalue weighted by atomic mass is 32.1. The first-order valence-electron chi connectivity index (χ1n) is 10.6. The van der Waals surface area contributed by atoms with Crippen LogP contribution in [-0.4, -0.2) is 67.1 Å². The van der Waals surface area contributed by atoms with Gasteiger partial charge in [-0.2, -0.15) is 0 Å². The number of rotatable bonds is 8. The average molecular weight is 456 g/mol. The van der Waals surface area contributed by atoms with Crippen LogP contribution < -0.4 is 4.74 Å². The Morgan fingerprint density at radius 3 is 2.62 bits per heavy atom. The van der Waals surface area contributed by atoms with Crippen LogP contribution in [0.15, 0.2) is 53.9 Å². The first-order chi connectivity index (χ1) is 15.6. The summed E-state index contributed by atoms with van der Waals surface area (Å²) in [6.45, 7) is 5.00. The third-order valence-corrected chi connectivity index (χ3v) is 6.28. The van der Waals surface area contributed by atoms with Gasteiger partial charge in [0, 0.05) is 50.8 Å². The van der Waals surface area contributed by atoms with Crippen LogP contribution in [0.1, 0.15) is 16.1 Å². The molecule has 1 aromatic heterocycles. The third-order valence-electron chi connectivity index (χ3n) is 5.39. The van der Waals surface area contributed by atoms with Gasteiger partial charge in [0.05, 0.1) is 6.61 Å². The third kappa shape index (κ3) is 5.70. The van der Waals surface area contributed by atoms with E-state index in [1.807, 2.05) is 40.6 Å². The molecule has 6 nitrogen and oxygen atoms in total. The van der Waals surface area contributed by atoms with E-state index in [0.29, 0.717) is 37.7 Å². The molecule has 2 aromatic carbocycles. The second kappa shape index (κ2) is 10.7. The van der Waals surface area contributed by atoms with Crippen molar-refractivity contribution < 1.29 is 18.7 Å². The van der Waals surface area contributed by atoms with Gasteiger partial charge < -0.3 is 14.4 Å². The fraction of sp³-hybridized carbons (Fsp3) is 0.333. The maximum Gasteiger partial charge on any atom is 0.273 e. The highest BCUT2D eigenvalue weighted by Crippen LogP contribution is 2.27. The smallest absolute Gasteiger partial charge is 0.273 e. The van der Waals surface area contributed by atoms with Gasteiger partial charge in [0.1, 0.15) is 28.9 Å². The number of benzene rings is 2. The Morgan fingerprint density at radius 1 is 1.12 bits per heavy atom. The molecule has 0 N–H and O–H groups in total. The van der Waals surface area contributed by atoms with Gasteiger partial charge in [-0.05, 0) is 42.0 Å². The molecule has 1 aliphatic heterocycles. The molecule has 0 unspecified atom stereocenters. The summed E-state index contributed by atoms with van der Waals surface area (Å²) in [5.74, 6) is 0.398. The number of thiazole rings is 1. The van der Waals surface area contributed by atoms with E-state index < -0.39 is 0 Å².